The Bertz CT molecular complexity index is 1420. The molecule has 3 N–H and O–H groups in total. The van der Waals surface area contributed by atoms with Crippen LogP contribution in [0, 0.1) is 6.92 Å². The van der Waals surface area contributed by atoms with Gasteiger partial charge in [0.1, 0.15) is 6.33 Å². The molecular formula is C29H28N6O. The van der Waals surface area contributed by atoms with Crippen LogP contribution < -0.4 is 16.0 Å². The highest BCUT2D eigenvalue weighted by atomic mass is 16.1. The molecule has 1 unspecified atom stereocenters. The Kier molecular flexibility index (Phi) is 6.82. The van der Waals surface area contributed by atoms with Crippen molar-refractivity contribution < 1.29 is 4.79 Å². The Hall–Kier alpha value is -4.36. The van der Waals surface area contributed by atoms with Crippen LogP contribution in [-0.4, -0.2) is 27.4 Å². The third kappa shape index (κ3) is 5.31. The van der Waals surface area contributed by atoms with E-state index in [1.54, 1.807) is 0 Å². The Labute approximate surface area is 210 Å². The molecule has 0 fully saturated rings. The van der Waals surface area contributed by atoms with Gasteiger partial charge in [0.25, 0.3) is 0 Å². The van der Waals surface area contributed by atoms with E-state index in [0.717, 1.165) is 29.9 Å². The van der Waals surface area contributed by atoms with Crippen molar-refractivity contribution in [2.45, 2.75) is 26.3 Å². The standard InChI is InChI=1S/C29H28N6O/c1-19-25(33-20(2)36)12-7-13-26(19)34-29-32-18-31-28(35-29)27-17-24(14-15-30-27)23-11-6-10-22(16-23)21-8-4-3-5-9-21/h3-14,16,18,27,30H,15,17H2,1-2H3,(H,33,36)(H,31,32,34,35). The first-order valence-corrected chi connectivity index (χ1v) is 12.0. The van der Waals surface area contributed by atoms with Gasteiger partial charge in [0.05, 0.1) is 6.04 Å². The van der Waals surface area contributed by atoms with Gasteiger partial charge < -0.3 is 16.0 Å². The van der Waals surface area contributed by atoms with Crippen molar-refractivity contribution in [1.82, 2.24) is 20.3 Å². The van der Waals surface area contributed by atoms with E-state index in [2.05, 4.69) is 80.5 Å². The molecule has 2 heterocycles. The second-order valence-corrected chi connectivity index (χ2v) is 8.79. The molecule has 7 heteroatoms. The number of benzene rings is 3. The second kappa shape index (κ2) is 10.5. The lowest BCUT2D eigenvalue weighted by Crippen LogP contribution is -2.27. The quantitative estimate of drug-likeness (QED) is 0.332. The zero-order chi connectivity index (χ0) is 24.9. The summed E-state index contributed by atoms with van der Waals surface area (Å²) < 4.78 is 0. The van der Waals surface area contributed by atoms with Crippen molar-refractivity contribution in [2.24, 2.45) is 0 Å². The van der Waals surface area contributed by atoms with Crippen LogP contribution in [0.25, 0.3) is 16.7 Å². The Morgan fingerprint density at radius 3 is 2.50 bits per heavy atom. The number of hydrogen-bond acceptors (Lipinski definition) is 6. The van der Waals surface area contributed by atoms with Crippen LogP contribution in [0.1, 0.15) is 36.3 Å². The van der Waals surface area contributed by atoms with Gasteiger partial charge in [-0.1, -0.05) is 60.7 Å². The first kappa shape index (κ1) is 23.4. The summed E-state index contributed by atoms with van der Waals surface area (Å²) in [6, 6.07) is 24.7. The smallest absolute Gasteiger partial charge is 0.230 e. The first-order valence-electron chi connectivity index (χ1n) is 12.0. The van der Waals surface area contributed by atoms with E-state index < -0.39 is 0 Å². The summed E-state index contributed by atoms with van der Waals surface area (Å²) >= 11 is 0. The molecule has 1 aliphatic rings. The first-order chi connectivity index (χ1) is 17.6. The van der Waals surface area contributed by atoms with E-state index in [1.165, 1.54) is 35.5 Å². The van der Waals surface area contributed by atoms with E-state index in [1.807, 2.05) is 31.2 Å². The van der Waals surface area contributed by atoms with Gasteiger partial charge in [-0.3, -0.25) is 4.79 Å². The van der Waals surface area contributed by atoms with Crippen LogP contribution in [0.2, 0.25) is 0 Å². The fraction of sp³-hybridized carbons (Fsp3) is 0.172. The highest BCUT2D eigenvalue weighted by Crippen LogP contribution is 2.32. The number of nitrogens with one attached hydrogen (secondary N) is 3. The van der Waals surface area contributed by atoms with Crippen LogP contribution >= 0.6 is 0 Å². The maximum absolute atomic E-state index is 11.5. The lowest BCUT2D eigenvalue weighted by atomic mass is 9.92. The lowest BCUT2D eigenvalue weighted by molar-refractivity contribution is -0.114. The van der Waals surface area contributed by atoms with Crippen LogP contribution in [-0.2, 0) is 4.79 Å². The summed E-state index contributed by atoms with van der Waals surface area (Å²) in [7, 11) is 0. The molecule has 1 aromatic heterocycles. The molecular weight excluding hydrogens is 448 g/mol. The topological polar surface area (TPSA) is 91.8 Å². The van der Waals surface area contributed by atoms with Crippen molar-refractivity contribution in [3.63, 3.8) is 0 Å². The molecule has 7 nitrogen and oxygen atoms in total. The molecule has 1 amide bonds. The van der Waals surface area contributed by atoms with Crippen molar-refractivity contribution in [1.29, 1.82) is 0 Å². The van der Waals surface area contributed by atoms with Crippen molar-refractivity contribution >= 4 is 28.8 Å². The van der Waals surface area contributed by atoms with Crippen molar-refractivity contribution in [3.8, 4) is 11.1 Å². The van der Waals surface area contributed by atoms with Crippen LogP contribution in [0.4, 0.5) is 17.3 Å². The number of hydrogen-bond donors (Lipinski definition) is 3. The Balaban J connectivity index is 1.34. The molecule has 0 saturated carbocycles. The SMILES string of the molecule is CC(=O)Nc1cccc(Nc2ncnc(C3CC(c4cccc(-c5ccccc5)c4)=CCN3)n2)c1C. The van der Waals surface area contributed by atoms with E-state index in [0.29, 0.717) is 11.8 Å². The predicted octanol–water partition coefficient (Wildman–Crippen LogP) is 5.67. The predicted molar refractivity (Wildman–Crippen MR) is 144 cm³/mol. The summed E-state index contributed by atoms with van der Waals surface area (Å²) in [4.78, 5) is 25.0. The number of anilines is 3. The summed E-state index contributed by atoms with van der Waals surface area (Å²) in [5.41, 5.74) is 7.38. The molecule has 0 bridgehead atoms. The van der Waals surface area contributed by atoms with Gasteiger partial charge in [-0.15, -0.1) is 0 Å². The maximum Gasteiger partial charge on any atom is 0.230 e. The number of aromatic nitrogens is 3. The highest BCUT2D eigenvalue weighted by Gasteiger charge is 2.21. The van der Waals surface area contributed by atoms with E-state index in [9.17, 15) is 4.79 Å². The number of amides is 1. The van der Waals surface area contributed by atoms with E-state index in [4.69, 9.17) is 4.98 Å². The van der Waals surface area contributed by atoms with Gasteiger partial charge in [0.2, 0.25) is 11.9 Å². The molecule has 1 aliphatic heterocycles. The molecule has 180 valence electrons. The largest absolute Gasteiger partial charge is 0.326 e. The zero-order valence-corrected chi connectivity index (χ0v) is 20.3. The second-order valence-electron chi connectivity index (χ2n) is 8.79. The third-order valence-corrected chi connectivity index (χ3v) is 6.27. The molecule has 0 saturated heterocycles. The average molecular weight is 477 g/mol. The molecule has 3 aromatic carbocycles. The summed E-state index contributed by atoms with van der Waals surface area (Å²) in [5, 5.41) is 9.64. The van der Waals surface area contributed by atoms with Crippen LogP contribution in [0.15, 0.2) is 85.2 Å². The number of carbonyl (C=O) groups excluding carboxylic acids is 1. The number of rotatable bonds is 6. The Morgan fingerprint density at radius 1 is 0.917 bits per heavy atom. The highest BCUT2D eigenvalue weighted by molar-refractivity contribution is 5.90. The van der Waals surface area contributed by atoms with Crippen molar-refractivity contribution in [2.75, 3.05) is 17.2 Å². The summed E-state index contributed by atoms with van der Waals surface area (Å²) in [6.07, 6.45) is 4.55. The third-order valence-electron chi connectivity index (χ3n) is 6.27. The molecule has 0 aliphatic carbocycles. The van der Waals surface area contributed by atoms with Crippen LogP contribution in [0.3, 0.4) is 0 Å². The Morgan fingerprint density at radius 2 is 1.67 bits per heavy atom. The van der Waals surface area contributed by atoms with Gasteiger partial charge in [-0.25, -0.2) is 9.97 Å². The van der Waals surface area contributed by atoms with Crippen LogP contribution in [0.5, 0.6) is 0 Å². The molecule has 0 spiro atoms. The molecule has 1 atom stereocenters. The monoisotopic (exact) mass is 476 g/mol. The minimum Gasteiger partial charge on any atom is -0.326 e. The van der Waals surface area contributed by atoms with E-state index >= 15 is 0 Å². The molecule has 36 heavy (non-hydrogen) atoms. The molecule has 0 radical (unpaired) electrons. The fourth-order valence-corrected chi connectivity index (χ4v) is 4.40. The molecule has 4 aromatic rings. The normalized spacial score (nSPS) is 15.2. The van der Waals surface area contributed by atoms with Crippen molar-refractivity contribution in [3.05, 3.63) is 102 Å². The fourth-order valence-electron chi connectivity index (χ4n) is 4.40. The van der Waals surface area contributed by atoms with Gasteiger partial charge in [0, 0.05) is 24.8 Å². The average Bonchev–Trinajstić information content (AvgIpc) is 2.91. The van der Waals surface area contributed by atoms with Gasteiger partial charge in [-0.05, 0) is 59.4 Å². The van der Waals surface area contributed by atoms with E-state index in [-0.39, 0.29) is 11.9 Å². The minimum atomic E-state index is -0.112. The number of nitrogens with zero attached hydrogens (tertiary/aromatic N) is 3. The summed E-state index contributed by atoms with van der Waals surface area (Å²) in [5.74, 6) is 1.04. The zero-order valence-electron chi connectivity index (χ0n) is 20.3. The minimum absolute atomic E-state index is 0.0271. The van der Waals surface area contributed by atoms with Gasteiger partial charge in [-0.2, -0.15) is 4.98 Å². The van der Waals surface area contributed by atoms with Gasteiger partial charge in [0.15, 0.2) is 5.82 Å². The summed E-state index contributed by atoms with van der Waals surface area (Å²) in [6.45, 7) is 4.18. The maximum atomic E-state index is 11.5. The lowest BCUT2D eigenvalue weighted by Gasteiger charge is -2.24. The number of carbonyl (C=O) groups is 1. The van der Waals surface area contributed by atoms with Gasteiger partial charge >= 0.3 is 0 Å². The molecule has 5 rings (SSSR count).